The van der Waals surface area contributed by atoms with E-state index in [4.69, 9.17) is 0 Å². The minimum absolute atomic E-state index is 0. The van der Waals surface area contributed by atoms with Crippen LogP contribution in [0.1, 0.15) is 13.8 Å². The van der Waals surface area contributed by atoms with E-state index in [2.05, 4.69) is 5.32 Å². The van der Waals surface area contributed by atoms with Crippen LogP contribution in [0.3, 0.4) is 0 Å². The molecular formula is C4H9NOW. The molecule has 0 aromatic rings. The number of hydrogen-bond acceptors (Lipinski definition) is 1. The van der Waals surface area contributed by atoms with E-state index in [0.717, 1.165) is 6.54 Å². The number of amides is 1. The summed E-state index contributed by atoms with van der Waals surface area (Å²) in [5.74, 6) is 0.0394. The molecule has 0 saturated carbocycles. The zero-order valence-corrected chi connectivity index (χ0v) is 7.46. The van der Waals surface area contributed by atoms with Crippen LogP contribution in [0.15, 0.2) is 0 Å². The molecule has 0 unspecified atom stereocenters. The molecule has 0 rings (SSSR count). The molecule has 0 fully saturated rings. The molecule has 0 aliphatic rings. The maximum absolute atomic E-state index is 9.93. The summed E-state index contributed by atoms with van der Waals surface area (Å²) in [5.41, 5.74) is 0. The van der Waals surface area contributed by atoms with Gasteiger partial charge in [0.1, 0.15) is 0 Å². The van der Waals surface area contributed by atoms with Gasteiger partial charge in [-0.15, -0.1) is 0 Å². The number of hydrogen-bond donors (Lipinski definition) is 1. The zero-order chi connectivity index (χ0) is 4.99. The summed E-state index contributed by atoms with van der Waals surface area (Å²) >= 11 is 0. The minimum atomic E-state index is 0. The summed E-state index contributed by atoms with van der Waals surface area (Å²) in [4.78, 5) is 9.93. The van der Waals surface area contributed by atoms with Crippen LogP contribution in [-0.2, 0) is 25.9 Å². The first kappa shape index (κ1) is 10.2. The third kappa shape index (κ3) is 10.7. The molecule has 0 aromatic heterocycles. The first-order chi connectivity index (χ1) is 2.77. The predicted molar refractivity (Wildman–Crippen MR) is 24.4 cm³/mol. The van der Waals surface area contributed by atoms with E-state index in [1.54, 1.807) is 0 Å². The minimum Gasteiger partial charge on any atom is -0.357 e. The molecule has 0 spiro atoms. The molecule has 0 aliphatic carbocycles. The van der Waals surface area contributed by atoms with Gasteiger partial charge in [-0.05, 0) is 6.92 Å². The Hall–Kier alpha value is 0.158. The van der Waals surface area contributed by atoms with Crippen molar-refractivity contribution in [1.29, 1.82) is 0 Å². The Morgan fingerprint density at radius 1 is 1.71 bits per heavy atom. The van der Waals surface area contributed by atoms with Gasteiger partial charge in [-0.3, -0.25) is 4.79 Å². The molecule has 0 heterocycles. The summed E-state index contributed by atoms with van der Waals surface area (Å²) in [6, 6.07) is 0. The van der Waals surface area contributed by atoms with Crippen LogP contribution >= 0.6 is 0 Å². The Morgan fingerprint density at radius 3 is 2.14 bits per heavy atom. The average molecular weight is 271 g/mol. The van der Waals surface area contributed by atoms with E-state index in [9.17, 15) is 4.79 Å². The molecule has 3 heteroatoms. The van der Waals surface area contributed by atoms with Gasteiger partial charge in [0.05, 0.1) is 0 Å². The standard InChI is InChI=1S/C4H9NO.W/c1-3-5-4(2)6;/h3H2,1-2H3,(H,5,6);. The quantitative estimate of drug-likeness (QED) is 0.722. The van der Waals surface area contributed by atoms with Gasteiger partial charge >= 0.3 is 0 Å². The van der Waals surface area contributed by atoms with Gasteiger partial charge in [0.15, 0.2) is 0 Å². The summed E-state index contributed by atoms with van der Waals surface area (Å²) in [6.07, 6.45) is 0. The third-order valence-corrected chi connectivity index (χ3v) is 0.426. The molecule has 0 aliphatic heterocycles. The molecule has 0 saturated heterocycles. The van der Waals surface area contributed by atoms with E-state index in [1.165, 1.54) is 6.92 Å². The fourth-order valence-corrected chi connectivity index (χ4v) is 0.249. The normalized spacial score (nSPS) is 6.57. The van der Waals surface area contributed by atoms with Crippen LogP contribution in [0.4, 0.5) is 0 Å². The summed E-state index contributed by atoms with van der Waals surface area (Å²) < 4.78 is 0. The van der Waals surface area contributed by atoms with Crippen molar-refractivity contribution in [3.05, 3.63) is 0 Å². The Balaban J connectivity index is 0. The first-order valence-corrected chi connectivity index (χ1v) is 2.01. The van der Waals surface area contributed by atoms with Gasteiger partial charge in [0.25, 0.3) is 0 Å². The van der Waals surface area contributed by atoms with Crippen LogP contribution in [0.2, 0.25) is 0 Å². The van der Waals surface area contributed by atoms with Crippen LogP contribution in [0, 0.1) is 0 Å². The van der Waals surface area contributed by atoms with E-state index in [0.29, 0.717) is 0 Å². The van der Waals surface area contributed by atoms with Gasteiger partial charge < -0.3 is 5.32 Å². The van der Waals surface area contributed by atoms with Crippen molar-refractivity contribution in [2.24, 2.45) is 0 Å². The average Bonchev–Trinajstić information content (AvgIpc) is 1.35. The van der Waals surface area contributed by atoms with Gasteiger partial charge in [-0.1, -0.05) is 0 Å². The number of carbonyl (C=O) groups is 1. The second-order valence-electron chi connectivity index (χ2n) is 1.09. The van der Waals surface area contributed by atoms with Crippen molar-refractivity contribution >= 4 is 5.91 Å². The summed E-state index contributed by atoms with van der Waals surface area (Å²) in [6.45, 7) is 4.13. The first-order valence-electron chi connectivity index (χ1n) is 2.01. The topological polar surface area (TPSA) is 29.1 Å². The molecule has 1 amide bonds. The van der Waals surface area contributed by atoms with Crippen LogP contribution in [0.5, 0.6) is 0 Å². The second-order valence-corrected chi connectivity index (χ2v) is 1.09. The number of carbonyl (C=O) groups excluding carboxylic acids is 1. The number of nitrogens with one attached hydrogen (secondary N) is 1. The molecule has 0 bridgehead atoms. The van der Waals surface area contributed by atoms with Crippen LogP contribution in [0.25, 0.3) is 0 Å². The number of rotatable bonds is 1. The molecule has 1 N–H and O–H groups in total. The monoisotopic (exact) mass is 271 g/mol. The van der Waals surface area contributed by atoms with Crippen molar-refractivity contribution in [2.75, 3.05) is 6.54 Å². The van der Waals surface area contributed by atoms with Crippen molar-refractivity contribution in [1.82, 2.24) is 5.32 Å². The maximum atomic E-state index is 9.93. The Morgan fingerprint density at radius 2 is 2.14 bits per heavy atom. The van der Waals surface area contributed by atoms with Gasteiger partial charge in [-0.25, -0.2) is 0 Å². The van der Waals surface area contributed by atoms with E-state index in [-0.39, 0.29) is 27.0 Å². The van der Waals surface area contributed by atoms with Crippen molar-refractivity contribution in [2.45, 2.75) is 13.8 Å². The van der Waals surface area contributed by atoms with Crippen molar-refractivity contribution in [3.8, 4) is 0 Å². The Bertz CT molecular complexity index is 55.7. The third-order valence-electron chi connectivity index (χ3n) is 0.426. The molecule has 7 heavy (non-hydrogen) atoms. The largest absolute Gasteiger partial charge is 0.357 e. The SMILES string of the molecule is CCNC(C)=O.[W]. The molecule has 2 nitrogen and oxygen atoms in total. The Kier molecular flexibility index (Phi) is 8.98. The second kappa shape index (κ2) is 6.16. The van der Waals surface area contributed by atoms with Crippen molar-refractivity contribution in [3.63, 3.8) is 0 Å². The van der Waals surface area contributed by atoms with E-state index >= 15 is 0 Å². The molecule has 0 atom stereocenters. The molecular weight excluding hydrogens is 262 g/mol. The molecule has 42 valence electrons. The van der Waals surface area contributed by atoms with Crippen molar-refractivity contribution < 1.29 is 25.9 Å². The van der Waals surface area contributed by atoms with Gasteiger partial charge in [0, 0.05) is 34.5 Å². The maximum Gasteiger partial charge on any atom is 0.216 e. The fraction of sp³-hybridized carbons (Fsp3) is 0.750. The molecule has 0 aromatic carbocycles. The van der Waals surface area contributed by atoms with Crippen LogP contribution < -0.4 is 5.32 Å². The predicted octanol–water partition coefficient (Wildman–Crippen LogP) is 0.140. The smallest absolute Gasteiger partial charge is 0.216 e. The Labute approximate surface area is 57.9 Å². The summed E-state index contributed by atoms with van der Waals surface area (Å²) in [5, 5.41) is 2.57. The van der Waals surface area contributed by atoms with Gasteiger partial charge in [0.2, 0.25) is 5.91 Å². The van der Waals surface area contributed by atoms with Gasteiger partial charge in [-0.2, -0.15) is 0 Å². The van der Waals surface area contributed by atoms with E-state index in [1.807, 2.05) is 6.92 Å². The zero-order valence-electron chi connectivity index (χ0n) is 4.52. The fourth-order valence-electron chi connectivity index (χ4n) is 0.249. The summed E-state index contributed by atoms with van der Waals surface area (Å²) in [7, 11) is 0. The van der Waals surface area contributed by atoms with E-state index < -0.39 is 0 Å². The van der Waals surface area contributed by atoms with Crippen LogP contribution in [-0.4, -0.2) is 12.5 Å². The molecule has 0 radical (unpaired) electrons.